The maximum atomic E-state index is 13.4. The van der Waals surface area contributed by atoms with Gasteiger partial charge in [-0.1, -0.05) is 45.0 Å². The molecule has 3 aromatic rings. The van der Waals surface area contributed by atoms with Crippen molar-refractivity contribution in [1.82, 2.24) is 18.8 Å². The van der Waals surface area contributed by atoms with Gasteiger partial charge in [0.2, 0.25) is 10.0 Å². The van der Waals surface area contributed by atoms with Crippen LogP contribution in [0.5, 0.6) is 0 Å². The van der Waals surface area contributed by atoms with Crippen molar-refractivity contribution >= 4 is 20.9 Å². The fraction of sp³-hybridized carbons (Fsp3) is 0.481. The Kier molecular flexibility index (Phi) is 6.92. The molecule has 0 radical (unpaired) electrons. The smallest absolute Gasteiger partial charge is 0.261 e. The average Bonchev–Trinajstić information content (AvgIpc) is 2.83. The van der Waals surface area contributed by atoms with E-state index in [4.69, 9.17) is 4.98 Å². The number of aromatic nitrogens is 2. The molecule has 1 aliphatic heterocycles. The van der Waals surface area contributed by atoms with Gasteiger partial charge in [0, 0.05) is 32.2 Å². The summed E-state index contributed by atoms with van der Waals surface area (Å²) in [7, 11) is -3.60. The van der Waals surface area contributed by atoms with Crippen molar-refractivity contribution in [3.63, 3.8) is 0 Å². The molecule has 0 amide bonds. The third-order valence-corrected chi connectivity index (χ3v) is 9.08. The molecule has 1 aliphatic rings. The molecule has 2 atom stereocenters. The van der Waals surface area contributed by atoms with Crippen molar-refractivity contribution in [2.24, 2.45) is 0 Å². The average molecular weight is 497 g/mol. The van der Waals surface area contributed by atoms with Crippen LogP contribution in [0.25, 0.3) is 10.9 Å². The lowest BCUT2D eigenvalue weighted by atomic mass is 9.87. The lowest BCUT2D eigenvalue weighted by molar-refractivity contribution is 0.103. The third kappa shape index (κ3) is 4.79. The lowest BCUT2D eigenvalue weighted by Gasteiger charge is -2.41. The first-order valence-corrected chi connectivity index (χ1v) is 13.7. The fourth-order valence-electron chi connectivity index (χ4n) is 4.91. The number of piperazine rings is 1. The summed E-state index contributed by atoms with van der Waals surface area (Å²) in [6.45, 7) is 14.3. The molecule has 8 heteroatoms. The summed E-state index contributed by atoms with van der Waals surface area (Å²) in [5, 5.41) is 0.618. The van der Waals surface area contributed by atoms with E-state index < -0.39 is 10.0 Å². The minimum absolute atomic E-state index is 0.0343. The van der Waals surface area contributed by atoms with E-state index in [-0.39, 0.29) is 23.1 Å². The molecule has 0 aliphatic carbocycles. The monoisotopic (exact) mass is 496 g/mol. The first kappa shape index (κ1) is 25.5. The second-order valence-electron chi connectivity index (χ2n) is 10.4. The number of hydrogen-bond donors (Lipinski definition) is 0. The Morgan fingerprint density at radius 3 is 2.31 bits per heavy atom. The Labute approximate surface area is 208 Å². The highest BCUT2D eigenvalue weighted by Gasteiger charge is 2.36. The van der Waals surface area contributed by atoms with Gasteiger partial charge >= 0.3 is 0 Å². The van der Waals surface area contributed by atoms with Crippen LogP contribution in [0.15, 0.2) is 58.2 Å². The van der Waals surface area contributed by atoms with Crippen molar-refractivity contribution in [1.29, 1.82) is 0 Å². The van der Waals surface area contributed by atoms with Gasteiger partial charge in [0.15, 0.2) is 0 Å². The Hall–Kier alpha value is -2.55. The minimum atomic E-state index is -3.60. The van der Waals surface area contributed by atoms with E-state index in [9.17, 15) is 13.2 Å². The molecule has 1 fully saturated rings. The predicted octanol–water partition coefficient (Wildman–Crippen LogP) is 4.17. The normalized spacial score (nSPS) is 19.2. The van der Waals surface area contributed by atoms with Crippen LogP contribution in [-0.4, -0.2) is 52.9 Å². The predicted molar refractivity (Wildman–Crippen MR) is 140 cm³/mol. The van der Waals surface area contributed by atoms with Gasteiger partial charge in [-0.05, 0) is 56.0 Å². The van der Waals surface area contributed by atoms with Crippen LogP contribution in [0, 0.1) is 0 Å². The van der Waals surface area contributed by atoms with E-state index in [2.05, 4.69) is 25.7 Å². The molecule has 188 valence electrons. The Morgan fingerprint density at radius 2 is 1.71 bits per heavy atom. The molecule has 7 nitrogen and oxygen atoms in total. The largest absolute Gasteiger partial charge is 0.295 e. The molecule has 35 heavy (non-hydrogen) atoms. The van der Waals surface area contributed by atoms with Gasteiger partial charge in [0.1, 0.15) is 5.82 Å². The van der Waals surface area contributed by atoms with E-state index in [0.717, 1.165) is 11.4 Å². The quantitative estimate of drug-likeness (QED) is 0.530. The molecule has 0 N–H and O–H groups in total. The first-order chi connectivity index (χ1) is 16.4. The molecule has 1 saturated heterocycles. The maximum Gasteiger partial charge on any atom is 0.261 e. The SMILES string of the molecule is CCn1c(C(C)N2CCN(S(=O)(=O)c3ccc(C(C)(C)C)cc3)C(C)C2)nc2ccccc2c1=O. The zero-order valence-electron chi connectivity index (χ0n) is 21.5. The molecule has 4 rings (SSSR count). The molecular weight excluding hydrogens is 460 g/mol. The van der Waals surface area contributed by atoms with Crippen LogP contribution in [0.1, 0.15) is 59.0 Å². The van der Waals surface area contributed by atoms with E-state index in [0.29, 0.717) is 42.0 Å². The van der Waals surface area contributed by atoms with Gasteiger partial charge in [-0.2, -0.15) is 4.31 Å². The number of sulfonamides is 1. The number of rotatable bonds is 5. The van der Waals surface area contributed by atoms with Crippen LogP contribution >= 0.6 is 0 Å². The fourth-order valence-corrected chi connectivity index (χ4v) is 6.53. The molecule has 0 saturated carbocycles. The zero-order chi connectivity index (χ0) is 25.5. The topological polar surface area (TPSA) is 75.5 Å². The van der Waals surface area contributed by atoms with Crippen molar-refractivity contribution in [3.05, 3.63) is 70.3 Å². The molecule has 2 unspecified atom stereocenters. The highest BCUT2D eigenvalue weighted by Crippen LogP contribution is 2.28. The second-order valence-corrected chi connectivity index (χ2v) is 12.3. The molecule has 0 bridgehead atoms. The molecule has 2 aromatic carbocycles. The number of para-hydroxylation sites is 1. The number of fused-ring (bicyclic) bond motifs is 1. The Bertz CT molecular complexity index is 1370. The molecule has 0 spiro atoms. The van der Waals surface area contributed by atoms with Crippen LogP contribution < -0.4 is 5.56 Å². The van der Waals surface area contributed by atoms with Gasteiger partial charge in [0.25, 0.3) is 5.56 Å². The van der Waals surface area contributed by atoms with Crippen molar-refractivity contribution in [3.8, 4) is 0 Å². The van der Waals surface area contributed by atoms with E-state index in [1.807, 2.05) is 57.2 Å². The van der Waals surface area contributed by atoms with Gasteiger partial charge in [0.05, 0.1) is 21.8 Å². The van der Waals surface area contributed by atoms with E-state index in [1.165, 1.54) is 0 Å². The highest BCUT2D eigenvalue weighted by molar-refractivity contribution is 7.89. The van der Waals surface area contributed by atoms with E-state index >= 15 is 0 Å². The Balaban J connectivity index is 1.57. The van der Waals surface area contributed by atoms with Crippen LogP contribution in [0.4, 0.5) is 0 Å². The van der Waals surface area contributed by atoms with Crippen molar-refractivity contribution < 1.29 is 8.42 Å². The van der Waals surface area contributed by atoms with Crippen LogP contribution in [0.3, 0.4) is 0 Å². The van der Waals surface area contributed by atoms with Crippen molar-refractivity contribution in [2.75, 3.05) is 19.6 Å². The maximum absolute atomic E-state index is 13.4. The van der Waals surface area contributed by atoms with Gasteiger partial charge in [-0.3, -0.25) is 14.3 Å². The number of hydrogen-bond acceptors (Lipinski definition) is 5. The summed E-state index contributed by atoms with van der Waals surface area (Å²) >= 11 is 0. The molecule has 2 heterocycles. The molecular formula is C27H36N4O3S. The summed E-state index contributed by atoms with van der Waals surface area (Å²) in [6.07, 6.45) is 0. The summed E-state index contributed by atoms with van der Waals surface area (Å²) in [5.74, 6) is 0.720. The highest BCUT2D eigenvalue weighted by atomic mass is 32.2. The Morgan fingerprint density at radius 1 is 1.06 bits per heavy atom. The molecule has 1 aromatic heterocycles. The minimum Gasteiger partial charge on any atom is -0.295 e. The van der Waals surface area contributed by atoms with Crippen LogP contribution in [0.2, 0.25) is 0 Å². The lowest BCUT2D eigenvalue weighted by Crippen LogP contribution is -2.54. The van der Waals surface area contributed by atoms with E-state index in [1.54, 1.807) is 21.0 Å². The van der Waals surface area contributed by atoms with Gasteiger partial charge in [-0.25, -0.2) is 13.4 Å². The van der Waals surface area contributed by atoms with Crippen molar-refractivity contribution in [2.45, 2.75) is 70.5 Å². The third-order valence-electron chi connectivity index (χ3n) is 7.05. The summed E-state index contributed by atoms with van der Waals surface area (Å²) in [6, 6.07) is 14.3. The van der Waals surface area contributed by atoms with Gasteiger partial charge in [-0.15, -0.1) is 0 Å². The summed E-state index contributed by atoms with van der Waals surface area (Å²) < 4.78 is 30.2. The second kappa shape index (κ2) is 9.48. The standard InChI is InChI=1S/C27H36N4O3S/c1-7-30-25(28-24-11-9-8-10-23(24)26(30)32)20(3)29-16-17-31(19(2)18-29)35(33,34)22-14-12-21(13-15-22)27(4,5)6/h8-15,19-20H,7,16-18H2,1-6H3. The summed E-state index contributed by atoms with van der Waals surface area (Å²) in [4.78, 5) is 20.5. The first-order valence-electron chi connectivity index (χ1n) is 12.3. The zero-order valence-corrected chi connectivity index (χ0v) is 22.3. The number of benzene rings is 2. The van der Waals surface area contributed by atoms with Gasteiger partial charge < -0.3 is 0 Å². The van der Waals surface area contributed by atoms with Crippen LogP contribution in [-0.2, 0) is 22.0 Å². The number of nitrogens with zero attached hydrogens (tertiary/aromatic N) is 4. The summed E-state index contributed by atoms with van der Waals surface area (Å²) in [5.41, 5.74) is 1.73.